The molecule has 4 N–H and O–H groups in total. The van der Waals surface area contributed by atoms with E-state index in [0.29, 0.717) is 25.7 Å². The first-order valence-corrected chi connectivity index (χ1v) is 6.38. The Morgan fingerprint density at radius 2 is 1.95 bits per heavy atom. The van der Waals surface area contributed by atoms with E-state index >= 15 is 0 Å². The minimum atomic E-state index is -1.05. The molecule has 1 atom stereocenters. The van der Waals surface area contributed by atoms with Gasteiger partial charge in [-0.2, -0.15) is 0 Å². The number of carbonyl (C=O) groups is 2. The van der Waals surface area contributed by atoms with Gasteiger partial charge in [-0.05, 0) is 31.2 Å². The van der Waals surface area contributed by atoms with Crippen molar-refractivity contribution in [3.05, 3.63) is 35.9 Å². The van der Waals surface area contributed by atoms with Gasteiger partial charge in [0.25, 0.3) is 0 Å². The van der Waals surface area contributed by atoms with E-state index in [1.165, 1.54) is 0 Å². The largest absolute Gasteiger partial charge is 0.480 e. The Kier molecular flexibility index (Phi) is 3.85. The van der Waals surface area contributed by atoms with Crippen LogP contribution in [0.5, 0.6) is 0 Å². The second-order valence-corrected chi connectivity index (χ2v) is 5.01. The molecule has 2 rings (SSSR count). The zero-order valence-electron chi connectivity index (χ0n) is 10.6. The van der Waals surface area contributed by atoms with Gasteiger partial charge in [0, 0.05) is 0 Å². The number of aryl methyl sites for hydroxylation is 1. The monoisotopic (exact) mass is 262 g/mol. The first kappa shape index (κ1) is 13.5. The minimum absolute atomic E-state index is 0.379. The molecule has 1 amide bonds. The first-order valence-electron chi connectivity index (χ1n) is 6.38. The van der Waals surface area contributed by atoms with Crippen LogP contribution in [-0.4, -0.2) is 28.6 Å². The van der Waals surface area contributed by atoms with Crippen LogP contribution < -0.4 is 11.1 Å². The minimum Gasteiger partial charge on any atom is -0.480 e. The standard InChI is InChI=1S/C14H18N2O3/c15-11(7-6-10-4-2-1-3-5-10)12(17)16-14(8-9-14)13(18)19/h1-5,11H,6-9,15H2,(H,16,17)(H,18,19). The number of carboxylic acids is 1. The molecule has 5 heteroatoms. The molecule has 5 nitrogen and oxygen atoms in total. The maximum Gasteiger partial charge on any atom is 0.329 e. The lowest BCUT2D eigenvalue weighted by Crippen LogP contribution is -2.50. The molecule has 1 aliphatic rings. The topological polar surface area (TPSA) is 92.4 Å². The Balaban J connectivity index is 1.82. The molecule has 1 saturated carbocycles. The molecule has 1 aliphatic carbocycles. The van der Waals surface area contributed by atoms with E-state index < -0.39 is 17.6 Å². The highest BCUT2D eigenvalue weighted by atomic mass is 16.4. The molecule has 0 aliphatic heterocycles. The summed E-state index contributed by atoms with van der Waals surface area (Å²) in [5.74, 6) is -1.35. The van der Waals surface area contributed by atoms with E-state index in [1.54, 1.807) is 0 Å². The van der Waals surface area contributed by atoms with Gasteiger partial charge in [0.05, 0.1) is 6.04 Å². The number of amides is 1. The third-order valence-corrected chi connectivity index (χ3v) is 3.45. The molecule has 0 saturated heterocycles. The fourth-order valence-electron chi connectivity index (χ4n) is 1.94. The number of rotatable bonds is 6. The van der Waals surface area contributed by atoms with Crippen LogP contribution in [0, 0.1) is 0 Å². The molecular formula is C14H18N2O3. The summed E-state index contributed by atoms with van der Waals surface area (Å²) in [6.07, 6.45) is 2.18. The predicted molar refractivity (Wildman–Crippen MR) is 70.5 cm³/mol. The van der Waals surface area contributed by atoms with Gasteiger partial charge in [0.15, 0.2) is 0 Å². The smallest absolute Gasteiger partial charge is 0.329 e. The molecular weight excluding hydrogens is 244 g/mol. The highest BCUT2D eigenvalue weighted by molar-refractivity contribution is 5.91. The van der Waals surface area contributed by atoms with Crippen molar-refractivity contribution in [2.24, 2.45) is 5.73 Å². The van der Waals surface area contributed by atoms with Gasteiger partial charge >= 0.3 is 5.97 Å². The van der Waals surface area contributed by atoms with Crippen LogP contribution in [0.2, 0.25) is 0 Å². The van der Waals surface area contributed by atoms with Gasteiger partial charge in [-0.15, -0.1) is 0 Å². The summed E-state index contributed by atoms with van der Waals surface area (Å²) in [5.41, 5.74) is 5.86. The molecule has 0 spiro atoms. The van der Waals surface area contributed by atoms with Crippen molar-refractivity contribution in [1.82, 2.24) is 5.32 Å². The predicted octanol–water partition coefficient (Wildman–Crippen LogP) is 0.680. The van der Waals surface area contributed by atoms with Crippen LogP contribution in [0.4, 0.5) is 0 Å². The second kappa shape index (κ2) is 5.40. The number of benzene rings is 1. The molecule has 1 unspecified atom stereocenters. The quantitative estimate of drug-likeness (QED) is 0.703. The van der Waals surface area contributed by atoms with Crippen molar-refractivity contribution >= 4 is 11.9 Å². The first-order chi connectivity index (χ1) is 9.03. The Morgan fingerprint density at radius 3 is 2.47 bits per heavy atom. The van der Waals surface area contributed by atoms with Gasteiger partial charge < -0.3 is 16.2 Å². The van der Waals surface area contributed by atoms with E-state index in [4.69, 9.17) is 10.8 Å². The van der Waals surface area contributed by atoms with Gasteiger partial charge in [-0.3, -0.25) is 4.79 Å². The van der Waals surface area contributed by atoms with Crippen molar-refractivity contribution in [2.75, 3.05) is 0 Å². The fourth-order valence-corrected chi connectivity index (χ4v) is 1.94. The van der Waals surface area contributed by atoms with Crippen LogP contribution in [0.15, 0.2) is 30.3 Å². The SMILES string of the molecule is NC(CCc1ccccc1)C(=O)NC1(C(=O)O)CC1. The lowest BCUT2D eigenvalue weighted by Gasteiger charge is -2.16. The van der Waals surface area contributed by atoms with E-state index in [-0.39, 0.29) is 5.91 Å². The zero-order chi connectivity index (χ0) is 13.9. The number of aliphatic carboxylic acids is 1. The molecule has 1 aromatic carbocycles. The molecule has 102 valence electrons. The number of nitrogens with two attached hydrogens (primary N) is 1. The summed E-state index contributed by atoms with van der Waals surface area (Å²) in [5, 5.41) is 11.5. The normalized spacial score (nSPS) is 17.5. The van der Waals surface area contributed by atoms with Gasteiger partial charge in [0.2, 0.25) is 5.91 Å². The second-order valence-electron chi connectivity index (χ2n) is 5.01. The Labute approximate surface area is 111 Å². The third-order valence-electron chi connectivity index (χ3n) is 3.45. The highest BCUT2D eigenvalue weighted by Gasteiger charge is 2.51. The lowest BCUT2D eigenvalue weighted by atomic mass is 10.0. The number of carbonyl (C=O) groups excluding carboxylic acids is 1. The van der Waals surface area contributed by atoms with Crippen LogP contribution in [0.25, 0.3) is 0 Å². The van der Waals surface area contributed by atoms with Gasteiger partial charge in [0.1, 0.15) is 5.54 Å². The fraction of sp³-hybridized carbons (Fsp3) is 0.429. The highest BCUT2D eigenvalue weighted by Crippen LogP contribution is 2.35. The molecule has 0 aromatic heterocycles. The number of carboxylic acid groups (broad SMARTS) is 1. The average molecular weight is 262 g/mol. The van der Waals surface area contributed by atoms with Crippen molar-refractivity contribution in [3.63, 3.8) is 0 Å². The summed E-state index contributed by atoms with van der Waals surface area (Å²) >= 11 is 0. The summed E-state index contributed by atoms with van der Waals surface area (Å²) < 4.78 is 0. The third kappa shape index (κ3) is 3.32. The van der Waals surface area contributed by atoms with Gasteiger partial charge in [-0.1, -0.05) is 30.3 Å². The number of hydrogen-bond donors (Lipinski definition) is 3. The zero-order valence-corrected chi connectivity index (χ0v) is 10.6. The van der Waals surface area contributed by atoms with Crippen molar-refractivity contribution in [2.45, 2.75) is 37.3 Å². The molecule has 0 heterocycles. The Hall–Kier alpha value is -1.88. The maximum absolute atomic E-state index is 11.8. The maximum atomic E-state index is 11.8. The van der Waals surface area contributed by atoms with E-state index in [0.717, 1.165) is 5.56 Å². The Morgan fingerprint density at radius 1 is 1.32 bits per heavy atom. The van der Waals surface area contributed by atoms with E-state index in [2.05, 4.69) is 5.32 Å². The molecule has 0 radical (unpaired) electrons. The van der Waals surface area contributed by atoms with Crippen LogP contribution >= 0.6 is 0 Å². The number of hydrogen-bond acceptors (Lipinski definition) is 3. The number of nitrogens with one attached hydrogen (secondary N) is 1. The summed E-state index contributed by atoms with van der Waals surface area (Å²) in [6.45, 7) is 0. The van der Waals surface area contributed by atoms with E-state index in [1.807, 2.05) is 30.3 Å². The molecule has 0 bridgehead atoms. The summed E-state index contributed by atoms with van der Waals surface area (Å²) in [6, 6.07) is 9.08. The summed E-state index contributed by atoms with van der Waals surface area (Å²) in [7, 11) is 0. The van der Waals surface area contributed by atoms with Crippen LogP contribution in [0.3, 0.4) is 0 Å². The van der Waals surface area contributed by atoms with Crippen molar-refractivity contribution in [1.29, 1.82) is 0 Å². The average Bonchev–Trinajstić information content (AvgIpc) is 3.18. The van der Waals surface area contributed by atoms with Gasteiger partial charge in [-0.25, -0.2) is 4.79 Å². The lowest BCUT2D eigenvalue weighted by molar-refractivity contribution is -0.143. The molecule has 1 aromatic rings. The molecule has 19 heavy (non-hydrogen) atoms. The van der Waals surface area contributed by atoms with Crippen LogP contribution in [-0.2, 0) is 16.0 Å². The Bertz CT molecular complexity index is 469. The van der Waals surface area contributed by atoms with Crippen molar-refractivity contribution in [3.8, 4) is 0 Å². The van der Waals surface area contributed by atoms with E-state index in [9.17, 15) is 9.59 Å². The van der Waals surface area contributed by atoms with Crippen molar-refractivity contribution < 1.29 is 14.7 Å². The summed E-state index contributed by atoms with van der Waals surface area (Å²) in [4.78, 5) is 22.8. The molecule has 1 fully saturated rings. The van der Waals surface area contributed by atoms with Crippen LogP contribution in [0.1, 0.15) is 24.8 Å².